The summed E-state index contributed by atoms with van der Waals surface area (Å²) < 4.78 is 1.07. The van der Waals surface area contributed by atoms with Gasteiger partial charge < -0.3 is 4.90 Å². The predicted molar refractivity (Wildman–Crippen MR) is 76.5 cm³/mol. The summed E-state index contributed by atoms with van der Waals surface area (Å²) >= 11 is 3.47. The van der Waals surface area contributed by atoms with E-state index in [1.165, 1.54) is 50.2 Å². The molecule has 0 amide bonds. The average molecular weight is 297 g/mol. The fourth-order valence-corrected chi connectivity index (χ4v) is 3.15. The minimum absolute atomic E-state index is 0.937. The summed E-state index contributed by atoms with van der Waals surface area (Å²) in [5, 5.41) is 0. The van der Waals surface area contributed by atoms with Gasteiger partial charge in [0.1, 0.15) is 5.82 Å². The first-order valence-corrected chi connectivity index (χ1v) is 7.37. The Morgan fingerprint density at radius 1 is 1.41 bits per heavy atom. The number of anilines is 1. The van der Waals surface area contributed by atoms with E-state index in [4.69, 9.17) is 0 Å². The van der Waals surface area contributed by atoms with Crippen LogP contribution >= 0.6 is 15.9 Å². The van der Waals surface area contributed by atoms with Crippen molar-refractivity contribution in [3.63, 3.8) is 0 Å². The van der Waals surface area contributed by atoms with Crippen molar-refractivity contribution < 1.29 is 0 Å². The minimum Gasteiger partial charge on any atom is -0.356 e. The van der Waals surface area contributed by atoms with Crippen LogP contribution in [0.4, 0.5) is 5.82 Å². The summed E-state index contributed by atoms with van der Waals surface area (Å²) in [6, 6.07) is 2.15. The lowest BCUT2D eigenvalue weighted by Crippen LogP contribution is -2.34. The van der Waals surface area contributed by atoms with Crippen LogP contribution in [0.1, 0.15) is 38.2 Å². The van der Waals surface area contributed by atoms with Gasteiger partial charge >= 0.3 is 0 Å². The highest BCUT2D eigenvalue weighted by atomic mass is 79.9. The van der Waals surface area contributed by atoms with Gasteiger partial charge in [0.2, 0.25) is 0 Å². The maximum absolute atomic E-state index is 4.55. The van der Waals surface area contributed by atoms with E-state index in [-0.39, 0.29) is 0 Å². The molecule has 17 heavy (non-hydrogen) atoms. The van der Waals surface area contributed by atoms with Gasteiger partial charge in [-0.3, -0.25) is 0 Å². The Morgan fingerprint density at radius 3 is 2.71 bits per heavy atom. The third-order valence-electron chi connectivity index (χ3n) is 3.63. The second-order valence-corrected chi connectivity index (χ2v) is 5.93. The van der Waals surface area contributed by atoms with Gasteiger partial charge in [-0.05, 0) is 53.2 Å². The van der Waals surface area contributed by atoms with Crippen molar-refractivity contribution in [2.75, 3.05) is 18.0 Å². The lowest BCUT2D eigenvalue weighted by molar-refractivity contribution is 0.377. The Labute approximate surface area is 113 Å². The third kappa shape index (κ3) is 3.21. The van der Waals surface area contributed by atoms with Crippen LogP contribution in [-0.2, 0) is 0 Å². The molecule has 1 saturated heterocycles. The summed E-state index contributed by atoms with van der Waals surface area (Å²) in [5.41, 5.74) is 1.27. The van der Waals surface area contributed by atoms with Gasteiger partial charge in [0.25, 0.3) is 0 Å². The van der Waals surface area contributed by atoms with Crippen LogP contribution in [0.25, 0.3) is 0 Å². The number of hydrogen-bond acceptors (Lipinski definition) is 2. The molecule has 1 aliphatic rings. The zero-order chi connectivity index (χ0) is 12.3. The maximum atomic E-state index is 4.55. The minimum atomic E-state index is 0.937. The Morgan fingerprint density at radius 2 is 2.12 bits per heavy atom. The highest BCUT2D eigenvalue weighted by Crippen LogP contribution is 2.27. The number of nitrogens with zero attached hydrogens (tertiary/aromatic N) is 2. The van der Waals surface area contributed by atoms with Crippen LogP contribution in [0.15, 0.2) is 16.7 Å². The summed E-state index contributed by atoms with van der Waals surface area (Å²) in [6.07, 6.45) is 7.26. The Kier molecular flexibility index (Phi) is 4.43. The molecular formula is C14H21BrN2. The number of rotatable bonds is 3. The van der Waals surface area contributed by atoms with Crippen molar-refractivity contribution in [3.8, 4) is 0 Å². The largest absolute Gasteiger partial charge is 0.356 e. The van der Waals surface area contributed by atoms with Crippen LogP contribution in [-0.4, -0.2) is 18.1 Å². The van der Waals surface area contributed by atoms with Crippen molar-refractivity contribution >= 4 is 21.7 Å². The van der Waals surface area contributed by atoms with E-state index in [0.29, 0.717) is 0 Å². The van der Waals surface area contributed by atoms with Crippen LogP contribution in [0.3, 0.4) is 0 Å². The molecule has 0 bridgehead atoms. The van der Waals surface area contributed by atoms with Crippen LogP contribution in [0.5, 0.6) is 0 Å². The SMILES string of the molecule is CCCC1CCN(c2ncc(Br)cc2C)CC1. The molecule has 94 valence electrons. The third-order valence-corrected chi connectivity index (χ3v) is 4.06. The van der Waals surface area contributed by atoms with E-state index in [1.807, 2.05) is 6.20 Å². The number of pyridine rings is 1. The predicted octanol–water partition coefficient (Wildman–Crippen LogP) is 4.17. The lowest BCUT2D eigenvalue weighted by Gasteiger charge is -2.33. The molecule has 0 saturated carbocycles. The first-order valence-electron chi connectivity index (χ1n) is 6.57. The standard InChI is InChI=1S/C14H21BrN2/c1-3-4-12-5-7-17(8-6-12)14-11(2)9-13(15)10-16-14/h9-10,12H,3-8H2,1-2H3. The van der Waals surface area contributed by atoms with Gasteiger partial charge in [0.15, 0.2) is 0 Å². The number of aryl methyl sites for hydroxylation is 1. The molecule has 0 aromatic carbocycles. The highest BCUT2D eigenvalue weighted by molar-refractivity contribution is 9.10. The zero-order valence-corrected chi connectivity index (χ0v) is 12.3. The molecular weight excluding hydrogens is 276 g/mol. The van der Waals surface area contributed by atoms with Gasteiger partial charge in [-0.1, -0.05) is 19.8 Å². The first-order chi connectivity index (χ1) is 8.20. The van der Waals surface area contributed by atoms with Crippen LogP contribution in [0, 0.1) is 12.8 Å². The Balaban J connectivity index is 2.00. The molecule has 2 rings (SSSR count). The number of hydrogen-bond donors (Lipinski definition) is 0. The molecule has 0 aliphatic carbocycles. The second-order valence-electron chi connectivity index (χ2n) is 5.01. The topological polar surface area (TPSA) is 16.1 Å². The zero-order valence-electron chi connectivity index (χ0n) is 10.7. The van der Waals surface area contributed by atoms with E-state index in [9.17, 15) is 0 Å². The van der Waals surface area contributed by atoms with Gasteiger partial charge in [0, 0.05) is 23.8 Å². The smallest absolute Gasteiger partial charge is 0.131 e. The van der Waals surface area contributed by atoms with E-state index < -0.39 is 0 Å². The fraction of sp³-hybridized carbons (Fsp3) is 0.643. The van der Waals surface area contributed by atoms with Crippen molar-refractivity contribution in [1.29, 1.82) is 0 Å². The number of aromatic nitrogens is 1. The van der Waals surface area contributed by atoms with E-state index in [2.05, 4.69) is 45.7 Å². The van der Waals surface area contributed by atoms with Gasteiger partial charge in [-0.2, -0.15) is 0 Å². The lowest BCUT2D eigenvalue weighted by atomic mass is 9.92. The first kappa shape index (κ1) is 12.9. The Bertz CT molecular complexity index is 370. The second kappa shape index (κ2) is 5.85. The van der Waals surface area contributed by atoms with Crippen LogP contribution < -0.4 is 4.90 Å². The highest BCUT2D eigenvalue weighted by Gasteiger charge is 2.20. The van der Waals surface area contributed by atoms with Crippen molar-refractivity contribution in [2.24, 2.45) is 5.92 Å². The molecule has 1 fully saturated rings. The van der Waals surface area contributed by atoms with Crippen molar-refractivity contribution in [2.45, 2.75) is 39.5 Å². The molecule has 0 unspecified atom stereocenters. The van der Waals surface area contributed by atoms with Crippen molar-refractivity contribution in [3.05, 3.63) is 22.3 Å². The summed E-state index contributed by atoms with van der Waals surface area (Å²) in [6.45, 7) is 6.76. The van der Waals surface area contributed by atoms with Crippen molar-refractivity contribution in [1.82, 2.24) is 4.98 Å². The molecule has 0 atom stereocenters. The quantitative estimate of drug-likeness (QED) is 0.832. The molecule has 0 radical (unpaired) electrons. The average Bonchev–Trinajstić information content (AvgIpc) is 2.31. The summed E-state index contributed by atoms with van der Waals surface area (Å²) in [4.78, 5) is 6.99. The van der Waals surface area contributed by atoms with E-state index in [1.54, 1.807) is 0 Å². The van der Waals surface area contributed by atoms with E-state index in [0.717, 1.165) is 10.4 Å². The van der Waals surface area contributed by atoms with Gasteiger partial charge in [0.05, 0.1) is 0 Å². The fourth-order valence-electron chi connectivity index (χ4n) is 2.71. The summed E-state index contributed by atoms with van der Waals surface area (Å²) in [5.74, 6) is 2.11. The number of halogens is 1. The van der Waals surface area contributed by atoms with Gasteiger partial charge in [-0.15, -0.1) is 0 Å². The Hall–Kier alpha value is -0.570. The molecule has 0 N–H and O–H groups in total. The molecule has 2 nitrogen and oxygen atoms in total. The summed E-state index contributed by atoms with van der Waals surface area (Å²) in [7, 11) is 0. The molecule has 1 aromatic rings. The maximum Gasteiger partial charge on any atom is 0.131 e. The molecule has 0 spiro atoms. The molecule has 1 aromatic heterocycles. The molecule has 2 heterocycles. The number of piperidine rings is 1. The molecule has 3 heteroatoms. The molecule has 1 aliphatic heterocycles. The van der Waals surface area contributed by atoms with E-state index >= 15 is 0 Å². The monoisotopic (exact) mass is 296 g/mol. The normalized spacial score (nSPS) is 17.5. The van der Waals surface area contributed by atoms with Gasteiger partial charge in [-0.25, -0.2) is 4.98 Å². The van der Waals surface area contributed by atoms with Crippen LogP contribution in [0.2, 0.25) is 0 Å².